The Morgan fingerprint density at radius 3 is 2.31 bits per heavy atom. The molecule has 1 unspecified atom stereocenters. The molecule has 14 heteroatoms. The molecule has 0 aliphatic carbocycles. The molecule has 3 aromatic carbocycles. The van der Waals surface area contributed by atoms with Crippen LogP contribution < -0.4 is 15.2 Å². The van der Waals surface area contributed by atoms with Crippen molar-refractivity contribution in [1.29, 1.82) is 0 Å². The Hall–Kier alpha value is -5.31. The fraction of sp³-hybridized carbons (Fsp3) is 0.200. The fourth-order valence-electron chi connectivity index (χ4n) is 5.85. The number of pyridine rings is 1. The summed E-state index contributed by atoms with van der Waals surface area (Å²) in [6.45, 7) is 1.44. The van der Waals surface area contributed by atoms with Crippen LogP contribution in [0.5, 0.6) is 0 Å². The number of nitrogens with zero attached hydrogens (tertiary/aromatic N) is 4. The van der Waals surface area contributed by atoms with Crippen LogP contribution in [0.4, 0.5) is 14.5 Å². The standard InChI is InChI=1S/C35H31F2N5O5S.H2O/c1-19-39-27-14-13-26(40-32(27)35(45)42(19)28(15-16-43)20-5-9-22(36)10-6-20)24-17-25-30(18-29(24)41(3)48(4)46)47-33(31(25)34(44)38-2)21-7-11-23(37)12-8-21;/h5-14,17-18,28,43H,15-16H2,1-4H3,(H,38,44);1H2/t28-,48?;/m1./s1. The van der Waals surface area contributed by atoms with Crippen molar-refractivity contribution in [3.8, 4) is 22.6 Å². The predicted molar refractivity (Wildman–Crippen MR) is 185 cm³/mol. The summed E-state index contributed by atoms with van der Waals surface area (Å²) in [6.07, 6.45) is 1.68. The molecule has 0 saturated heterocycles. The summed E-state index contributed by atoms with van der Waals surface area (Å²) < 4.78 is 49.4. The van der Waals surface area contributed by atoms with Crippen LogP contribution >= 0.6 is 0 Å². The highest BCUT2D eigenvalue weighted by molar-refractivity contribution is 7.85. The van der Waals surface area contributed by atoms with Crippen LogP contribution in [-0.4, -0.2) is 62.2 Å². The van der Waals surface area contributed by atoms with E-state index in [2.05, 4.69) is 10.3 Å². The van der Waals surface area contributed by atoms with Gasteiger partial charge < -0.3 is 20.3 Å². The fourth-order valence-corrected chi connectivity index (χ4v) is 6.28. The lowest BCUT2D eigenvalue weighted by atomic mass is 10.0. The molecule has 254 valence electrons. The van der Waals surface area contributed by atoms with E-state index in [-0.39, 0.29) is 35.3 Å². The topological polar surface area (TPSA) is 162 Å². The van der Waals surface area contributed by atoms with Crippen LogP contribution in [-0.2, 0) is 11.0 Å². The maximum absolute atomic E-state index is 14.1. The maximum Gasteiger partial charge on any atom is 0.280 e. The summed E-state index contributed by atoms with van der Waals surface area (Å²) in [7, 11) is 1.63. The van der Waals surface area contributed by atoms with E-state index >= 15 is 0 Å². The first-order valence-electron chi connectivity index (χ1n) is 14.9. The van der Waals surface area contributed by atoms with Gasteiger partial charge in [-0.25, -0.2) is 23.0 Å². The second-order valence-electron chi connectivity index (χ2n) is 11.2. The zero-order valence-corrected chi connectivity index (χ0v) is 27.8. The minimum Gasteiger partial charge on any atom is -0.455 e. The quantitative estimate of drug-likeness (QED) is 0.223. The normalized spacial score (nSPS) is 12.5. The van der Waals surface area contributed by atoms with Gasteiger partial charge in [-0.05, 0) is 73.5 Å². The van der Waals surface area contributed by atoms with Crippen molar-refractivity contribution in [2.75, 3.05) is 31.3 Å². The molecule has 0 radical (unpaired) electrons. The van der Waals surface area contributed by atoms with Gasteiger partial charge in [0, 0.05) is 49.5 Å². The van der Waals surface area contributed by atoms with Gasteiger partial charge in [0.15, 0.2) is 5.52 Å². The number of rotatable bonds is 9. The SMILES string of the molecule is CNC(=O)c1c(-c2ccc(F)cc2)oc2cc(N(C)S(C)=O)c(-c3ccc4nc(C)n([C@H](CCO)c5ccc(F)cc5)c(=O)c4n3)cc12.O. The summed E-state index contributed by atoms with van der Waals surface area (Å²) >= 11 is 0. The number of aliphatic hydroxyl groups is 1. The van der Waals surface area contributed by atoms with E-state index < -0.39 is 40.1 Å². The number of halogens is 2. The van der Waals surface area contributed by atoms with Gasteiger partial charge in [-0.2, -0.15) is 0 Å². The Kier molecular flexibility index (Phi) is 10.0. The molecule has 11 nitrogen and oxygen atoms in total. The van der Waals surface area contributed by atoms with Crippen molar-refractivity contribution < 1.29 is 32.8 Å². The first-order chi connectivity index (χ1) is 23.0. The lowest BCUT2D eigenvalue weighted by Crippen LogP contribution is -2.30. The number of anilines is 1. The van der Waals surface area contributed by atoms with Crippen LogP contribution in [0.25, 0.3) is 44.6 Å². The zero-order chi connectivity index (χ0) is 34.3. The van der Waals surface area contributed by atoms with Gasteiger partial charge in [0.25, 0.3) is 11.5 Å². The molecule has 0 bridgehead atoms. The van der Waals surface area contributed by atoms with Gasteiger partial charge in [0.05, 0.1) is 28.5 Å². The van der Waals surface area contributed by atoms with E-state index in [0.717, 1.165) is 0 Å². The number of carbonyl (C=O) groups excluding carboxylic acids is 1. The molecule has 3 heterocycles. The zero-order valence-electron chi connectivity index (χ0n) is 27.0. The Morgan fingerprint density at radius 1 is 1.04 bits per heavy atom. The molecule has 3 aromatic heterocycles. The maximum atomic E-state index is 14.1. The molecule has 0 saturated carbocycles. The van der Waals surface area contributed by atoms with Crippen molar-refractivity contribution in [2.45, 2.75) is 19.4 Å². The summed E-state index contributed by atoms with van der Waals surface area (Å²) in [5.74, 6) is -0.711. The summed E-state index contributed by atoms with van der Waals surface area (Å²) in [6, 6.07) is 17.3. The van der Waals surface area contributed by atoms with Gasteiger partial charge in [0.1, 0.15) is 39.8 Å². The van der Waals surface area contributed by atoms with E-state index in [1.54, 1.807) is 50.4 Å². The smallest absolute Gasteiger partial charge is 0.280 e. The monoisotopic (exact) mass is 689 g/mol. The number of aliphatic hydroxyl groups excluding tert-OH is 1. The second-order valence-corrected chi connectivity index (χ2v) is 12.6. The molecule has 6 aromatic rings. The largest absolute Gasteiger partial charge is 0.455 e. The molecule has 6 rings (SSSR count). The number of carbonyl (C=O) groups is 1. The Balaban J connectivity index is 0.00000468. The highest BCUT2D eigenvalue weighted by Crippen LogP contribution is 2.41. The van der Waals surface area contributed by atoms with Crippen molar-refractivity contribution in [2.24, 2.45) is 0 Å². The van der Waals surface area contributed by atoms with Crippen LogP contribution in [0.15, 0.2) is 82.0 Å². The van der Waals surface area contributed by atoms with E-state index in [0.29, 0.717) is 50.4 Å². The molecule has 49 heavy (non-hydrogen) atoms. The Bertz CT molecular complexity index is 2270. The average molecular weight is 690 g/mol. The third kappa shape index (κ3) is 6.45. The Labute approximate surface area is 281 Å². The number of benzene rings is 3. The van der Waals surface area contributed by atoms with Crippen LogP contribution in [0.1, 0.15) is 34.2 Å². The number of furan rings is 1. The van der Waals surface area contributed by atoms with Crippen molar-refractivity contribution in [3.63, 3.8) is 0 Å². The lowest BCUT2D eigenvalue weighted by molar-refractivity contribution is 0.0964. The number of hydrogen-bond acceptors (Lipinski definition) is 7. The van der Waals surface area contributed by atoms with E-state index in [1.807, 2.05) is 0 Å². The van der Waals surface area contributed by atoms with Gasteiger partial charge in [-0.15, -0.1) is 0 Å². The second kappa shape index (κ2) is 14.0. The number of amides is 1. The van der Waals surface area contributed by atoms with Crippen molar-refractivity contribution >= 4 is 44.6 Å². The molecular formula is C35H33F2N5O6S. The molecule has 4 N–H and O–H groups in total. The highest BCUT2D eigenvalue weighted by atomic mass is 32.2. The molecule has 1 amide bonds. The molecular weight excluding hydrogens is 656 g/mol. The first-order valence-corrected chi connectivity index (χ1v) is 16.5. The van der Waals surface area contributed by atoms with Gasteiger partial charge in [-0.3, -0.25) is 18.5 Å². The van der Waals surface area contributed by atoms with Gasteiger partial charge in [-0.1, -0.05) is 12.1 Å². The predicted octanol–water partition coefficient (Wildman–Crippen LogP) is 4.69. The summed E-state index contributed by atoms with van der Waals surface area (Å²) in [5, 5.41) is 12.9. The summed E-state index contributed by atoms with van der Waals surface area (Å²) in [4.78, 5) is 36.8. The lowest BCUT2D eigenvalue weighted by Gasteiger charge is -2.22. The Morgan fingerprint density at radius 2 is 1.69 bits per heavy atom. The number of aryl methyl sites for hydroxylation is 1. The van der Waals surface area contributed by atoms with Crippen molar-refractivity contribution in [1.82, 2.24) is 19.9 Å². The van der Waals surface area contributed by atoms with Crippen LogP contribution in [0, 0.1) is 18.6 Å². The number of aromatic nitrogens is 3. The van der Waals surface area contributed by atoms with E-state index in [9.17, 15) is 27.7 Å². The van der Waals surface area contributed by atoms with Gasteiger partial charge in [0.2, 0.25) is 0 Å². The molecule has 0 aliphatic rings. The third-order valence-electron chi connectivity index (χ3n) is 8.26. The molecule has 2 atom stereocenters. The summed E-state index contributed by atoms with van der Waals surface area (Å²) in [5.41, 5.74) is 2.76. The van der Waals surface area contributed by atoms with E-state index in [4.69, 9.17) is 9.40 Å². The van der Waals surface area contributed by atoms with Crippen LogP contribution in [0.3, 0.4) is 0 Å². The molecule has 0 spiro atoms. The highest BCUT2D eigenvalue weighted by Gasteiger charge is 2.26. The first kappa shape index (κ1) is 35.0. The average Bonchev–Trinajstić information content (AvgIpc) is 3.45. The van der Waals surface area contributed by atoms with Gasteiger partial charge >= 0.3 is 0 Å². The van der Waals surface area contributed by atoms with Crippen LogP contribution in [0.2, 0.25) is 0 Å². The van der Waals surface area contributed by atoms with Crippen molar-refractivity contribution in [3.05, 3.63) is 112 Å². The third-order valence-corrected chi connectivity index (χ3v) is 9.23. The number of hydrogen-bond donors (Lipinski definition) is 2. The van der Waals surface area contributed by atoms with E-state index in [1.165, 1.54) is 58.6 Å². The minimum absolute atomic E-state index is 0. The molecule has 0 fully saturated rings. The minimum atomic E-state index is -1.49. The number of fused-ring (bicyclic) bond motifs is 2. The molecule has 0 aliphatic heterocycles. The number of nitrogens with one attached hydrogen (secondary N) is 1.